The first kappa shape index (κ1) is 13.8. The van der Waals surface area contributed by atoms with Crippen molar-refractivity contribution in [2.24, 2.45) is 0 Å². The zero-order chi connectivity index (χ0) is 13.9. The molecule has 0 spiro atoms. The maximum Gasteiger partial charge on any atom is 0.227 e. The van der Waals surface area contributed by atoms with E-state index >= 15 is 0 Å². The van der Waals surface area contributed by atoms with Gasteiger partial charge in [0.25, 0.3) is 0 Å². The Morgan fingerprint density at radius 1 is 0.900 bits per heavy atom. The number of carbonyl (C=O) groups excluding carboxylic acids is 1. The molecule has 0 N–H and O–H groups in total. The largest absolute Gasteiger partial charge is 0.312 e. The maximum absolute atomic E-state index is 12.5. The van der Waals surface area contributed by atoms with E-state index < -0.39 is 11.0 Å². The Kier molecular flexibility index (Phi) is 4.17. The predicted molar refractivity (Wildman–Crippen MR) is 79.9 cm³/mol. The summed E-state index contributed by atoms with van der Waals surface area (Å²) in [5.41, 5.74) is 0.923. The molecule has 2 saturated heterocycles. The van der Waals surface area contributed by atoms with Gasteiger partial charge >= 0.3 is 0 Å². The van der Waals surface area contributed by atoms with Gasteiger partial charge in [0.05, 0.1) is 4.90 Å². The third-order valence-corrected chi connectivity index (χ3v) is 5.48. The SMILES string of the molecule is O=C1CCCN1c1ccc(S(=O)N2CCCCC2)cc1. The van der Waals surface area contributed by atoms with Gasteiger partial charge in [0, 0.05) is 31.7 Å². The van der Waals surface area contributed by atoms with Crippen LogP contribution < -0.4 is 4.90 Å². The Bertz CT molecular complexity index is 509. The molecule has 0 aromatic heterocycles. The number of benzene rings is 1. The lowest BCUT2D eigenvalue weighted by Crippen LogP contribution is -2.31. The zero-order valence-corrected chi connectivity index (χ0v) is 12.4. The van der Waals surface area contributed by atoms with E-state index in [4.69, 9.17) is 0 Å². The molecule has 0 bridgehead atoms. The van der Waals surface area contributed by atoms with E-state index in [1.54, 1.807) is 0 Å². The predicted octanol–water partition coefficient (Wildman–Crippen LogP) is 2.32. The molecule has 1 aromatic carbocycles. The van der Waals surface area contributed by atoms with Crippen molar-refractivity contribution in [3.63, 3.8) is 0 Å². The molecule has 20 heavy (non-hydrogen) atoms. The Morgan fingerprint density at radius 2 is 1.60 bits per heavy atom. The second-order valence-corrected chi connectivity index (χ2v) is 6.87. The molecule has 0 radical (unpaired) electrons. The lowest BCUT2D eigenvalue weighted by atomic mass is 10.2. The second-order valence-electron chi connectivity index (χ2n) is 5.38. The molecule has 4 nitrogen and oxygen atoms in total. The maximum atomic E-state index is 12.5. The monoisotopic (exact) mass is 292 g/mol. The van der Waals surface area contributed by atoms with E-state index in [-0.39, 0.29) is 5.91 Å². The minimum absolute atomic E-state index is 0.190. The summed E-state index contributed by atoms with van der Waals surface area (Å²) in [5, 5.41) is 0. The van der Waals surface area contributed by atoms with Gasteiger partial charge in [0.2, 0.25) is 5.91 Å². The van der Waals surface area contributed by atoms with Crippen LogP contribution in [0, 0.1) is 0 Å². The Hall–Kier alpha value is -1.20. The second kappa shape index (κ2) is 6.06. The van der Waals surface area contributed by atoms with Gasteiger partial charge in [0.1, 0.15) is 11.0 Å². The lowest BCUT2D eigenvalue weighted by Gasteiger charge is -2.25. The van der Waals surface area contributed by atoms with Gasteiger partial charge in [-0.15, -0.1) is 0 Å². The van der Waals surface area contributed by atoms with E-state index in [0.29, 0.717) is 6.42 Å². The minimum Gasteiger partial charge on any atom is -0.312 e. The van der Waals surface area contributed by atoms with Crippen LogP contribution in [0.1, 0.15) is 32.1 Å². The topological polar surface area (TPSA) is 40.6 Å². The number of piperidine rings is 1. The minimum atomic E-state index is -1.06. The first-order valence-corrected chi connectivity index (χ1v) is 8.44. The third kappa shape index (κ3) is 2.79. The fraction of sp³-hybridized carbons (Fsp3) is 0.533. The Morgan fingerprint density at radius 3 is 2.20 bits per heavy atom. The first-order chi connectivity index (χ1) is 9.75. The highest BCUT2D eigenvalue weighted by molar-refractivity contribution is 7.82. The van der Waals surface area contributed by atoms with E-state index in [1.165, 1.54) is 6.42 Å². The molecule has 1 atom stereocenters. The number of nitrogens with zero attached hydrogens (tertiary/aromatic N) is 2. The summed E-state index contributed by atoms with van der Waals surface area (Å²) in [6, 6.07) is 7.62. The molecule has 2 heterocycles. The van der Waals surface area contributed by atoms with Crippen LogP contribution in [0.2, 0.25) is 0 Å². The first-order valence-electron chi connectivity index (χ1n) is 7.33. The molecular formula is C15H20N2O2S. The van der Waals surface area contributed by atoms with Gasteiger partial charge in [-0.25, -0.2) is 8.51 Å². The number of rotatable bonds is 3. The number of amides is 1. The van der Waals surface area contributed by atoms with Crippen LogP contribution in [0.25, 0.3) is 0 Å². The number of hydrogen-bond acceptors (Lipinski definition) is 2. The van der Waals surface area contributed by atoms with Crippen LogP contribution in [-0.4, -0.2) is 34.1 Å². The van der Waals surface area contributed by atoms with E-state index in [9.17, 15) is 9.00 Å². The summed E-state index contributed by atoms with van der Waals surface area (Å²) in [4.78, 5) is 14.3. The molecule has 108 valence electrons. The Labute approximate surface area is 122 Å². The van der Waals surface area contributed by atoms with Crippen molar-refractivity contribution in [3.05, 3.63) is 24.3 Å². The average molecular weight is 292 g/mol. The molecular weight excluding hydrogens is 272 g/mol. The van der Waals surface area contributed by atoms with Crippen LogP contribution in [0.3, 0.4) is 0 Å². The summed E-state index contributed by atoms with van der Waals surface area (Å²) in [7, 11) is -1.06. The van der Waals surface area contributed by atoms with Gasteiger partial charge in [-0.2, -0.15) is 0 Å². The van der Waals surface area contributed by atoms with Gasteiger partial charge in [0.15, 0.2) is 0 Å². The van der Waals surface area contributed by atoms with Crippen molar-refractivity contribution in [1.29, 1.82) is 0 Å². The molecule has 5 heteroatoms. The van der Waals surface area contributed by atoms with Gasteiger partial charge in [-0.05, 0) is 43.5 Å². The molecule has 0 saturated carbocycles. The average Bonchev–Trinajstić information content (AvgIpc) is 2.94. The molecule has 0 aliphatic carbocycles. The smallest absolute Gasteiger partial charge is 0.227 e. The highest BCUT2D eigenvalue weighted by Crippen LogP contribution is 2.24. The van der Waals surface area contributed by atoms with E-state index in [2.05, 4.69) is 0 Å². The quantitative estimate of drug-likeness (QED) is 0.858. The van der Waals surface area contributed by atoms with Crippen molar-refractivity contribution in [2.45, 2.75) is 37.0 Å². The molecule has 1 amide bonds. The van der Waals surface area contributed by atoms with Crippen LogP contribution >= 0.6 is 0 Å². The van der Waals surface area contributed by atoms with E-state index in [0.717, 1.165) is 49.5 Å². The number of hydrogen-bond donors (Lipinski definition) is 0. The van der Waals surface area contributed by atoms with Gasteiger partial charge < -0.3 is 4.90 Å². The highest BCUT2D eigenvalue weighted by Gasteiger charge is 2.22. The van der Waals surface area contributed by atoms with Crippen molar-refractivity contribution in [2.75, 3.05) is 24.5 Å². The molecule has 3 rings (SSSR count). The third-order valence-electron chi connectivity index (χ3n) is 3.97. The van der Waals surface area contributed by atoms with Gasteiger partial charge in [-0.3, -0.25) is 4.79 Å². The fourth-order valence-corrected chi connectivity index (χ4v) is 4.10. The van der Waals surface area contributed by atoms with Crippen molar-refractivity contribution in [3.8, 4) is 0 Å². The number of anilines is 1. The number of carbonyl (C=O) groups is 1. The summed E-state index contributed by atoms with van der Waals surface area (Å²) in [6.07, 6.45) is 5.07. The van der Waals surface area contributed by atoms with Gasteiger partial charge in [-0.1, -0.05) is 6.42 Å². The van der Waals surface area contributed by atoms with Crippen molar-refractivity contribution < 1.29 is 9.00 Å². The van der Waals surface area contributed by atoms with Crippen LogP contribution in [0.15, 0.2) is 29.2 Å². The molecule has 2 aliphatic rings. The summed E-state index contributed by atoms with van der Waals surface area (Å²) in [6.45, 7) is 2.63. The van der Waals surface area contributed by atoms with Crippen molar-refractivity contribution >= 4 is 22.6 Å². The summed E-state index contributed by atoms with van der Waals surface area (Å²) < 4.78 is 14.5. The van der Waals surface area contributed by atoms with Crippen LogP contribution in [-0.2, 0) is 15.8 Å². The molecule has 2 fully saturated rings. The Balaban J connectivity index is 1.72. The molecule has 1 aromatic rings. The normalized spacial score (nSPS) is 22.2. The van der Waals surface area contributed by atoms with Crippen LogP contribution in [0.4, 0.5) is 5.69 Å². The summed E-state index contributed by atoms with van der Waals surface area (Å²) >= 11 is 0. The zero-order valence-electron chi connectivity index (χ0n) is 11.6. The van der Waals surface area contributed by atoms with Crippen molar-refractivity contribution in [1.82, 2.24) is 4.31 Å². The van der Waals surface area contributed by atoms with Crippen LogP contribution in [0.5, 0.6) is 0 Å². The highest BCUT2D eigenvalue weighted by atomic mass is 32.2. The van der Waals surface area contributed by atoms with E-state index in [1.807, 2.05) is 33.5 Å². The molecule has 2 aliphatic heterocycles. The molecule has 1 unspecified atom stereocenters. The lowest BCUT2D eigenvalue weighted by molar-refractivity contribution is -0.117. The summed E-state index contributed by atoms with van der Waals surface area (Å²) in [5.74, 6) is 0.190. The standard InChI is InChI=1S/C15H20N2O2S/c18-15-5-4-12-17(15)13-6-8-14(9-7-13)20(19)16-10-2-1-3-11-16/h6-9H,1-5,10-12H2. The fourth-order valence-electron chi connectivity index (χ4n) is 2.84.